The van der Waals surface area contributed by atoms with Gasteiger partial charge in [-0.2, -0.15) is 0 Å². The van der Waals surface area contributed by atoms with Crippen molar-refractivity contribution >= 4 is 21.4 Å². The van der Waals surface area contributed by atoms with Gasteiger partial charge in [-0.3, -0.25) is 0 Å². The second-order valence-corrected chi connectivity index (χ2v) is 5.48. The van der Waals surface area contributed by atoms with Crippen LogP contribution in [0.4, 0.5) is 0 Å². The molecule has 0 spiro atoms. The molecule has 0 atom stereocenters. The zero-order valence-corrected chi connectivity index (χ0v) is 9.86. The quantitative estimate of drug-likeness (QED) is 0.867. The van der Waals surface area contributed by atoms with E-state index < -0.39 is 15.8 Å². The van der Waals surface area contributed by atoms with Crippen LogP contribution in [0.2, 0.25) is 0 Å². The van der Waals surface area contributed by atoms with Crippen molar-refractivity contribution in [1.82, 2.24) is 0 Å². The predicted molar refractivity (Wildman–Crippen MR) is 63.8 cm³/mol. The summed E-state index contributed by atoms with van der Waals surface area (Å²) in [5.41, 5.74) is 1.59. The van der Waals surface area contributed by atoms with E-state index in [2.05, 4.69) is 0 Å². The van der Waals surface area contributed by atoms with Gasteiger partial charge in [0.2, 0.25) is 0 Å². The largest absolute Gasteiger partial charge is 0.478 e. The minimum absolute atomic E-state index is 0.185. The number of hydrogen-bond acceptors (Lipinski definition) is 3. The molecule has 1 N–H and O–H groups in total. The minimum atomic E-state index is -3.56. The molecule has 4 nitrogen and oxygen atoms in total. The lowest BCUT2D eigenvalue weighted by molar-refractivity contribution is -0.132. The summed E-state index contributed by atoms with van der Waals surface area (Å²) in [6.07, 6.45) is 0. The molecule has 1 heterocycles. The Labute approximate surface area is 98.8 Å². The average Bonchev–Trinajstić information content (AvgIpc) is 2.55. The molecule has 2 rings (SSSR count). The van der Waals surface area contributed by atoms with E-state index in [1.165, 1.54) is 0 Å². The van der Waals surface area contributed by atoms with Gasteiger partial charge in [-0.15, -0.1) is 0 Å². The highest BCUT2D eigenvalue weighted by Gasteiger charge is 2.26. The van der Waals surface area contributed by atoms with E-state index in [1.54, 1.807) is 18.2 Å². The van der Waals surface area contributed by atoms with Gasteiger partial charge in [0.25, 0.3) is 0 Å². The fraction of sp³-hybridized carbons (Fsp3) is 0.0833. The summed E-state index contributed by atoms with van der Waals surface area (Å²) in [4.78, 5) is 11.0. The second kappa shape index (κ2) is 3.85. The Hall–Kier alpha value is -1.88. The Balaban J connectivity index is 2.60. The predicted octanol–water partition coefficient (Wildman–Crippen LogP) is 1.73. The highest BCUT2D eigenvalue weighted by molar-refractivity contribution is 7.97. The Kier molecular flexibility index (Phi) is 2.63. The SMILES string of the molecule is Cc1cccc(C2=CS(=O)(=O)C=C2C(=O)O)c1. The maximum Gasteiger partial charge on any atom is 0.337 e. The van der Waals surface area contributed by atoms with Crippen molar-refractivity contribution in [2.45, 2.75) is 6.92 Å². The number of benzene rings is 1. The Morgan fingerprint density at radius 2 is 1.94 bits per heavy atom. The smallest absolute Gasteiger partial charge is 0.337 e. The van der Waals surface area contributed by atoms with E-state index in [0.29, 0.717) is 5.56 Å². The zero-order valence-electron chi connectivity index (χ0n) is 9.04. The maximum atomic E-state index is 11.4. The number of sulfone groups is 1. The molecule has 0 fully saturated rings. The highest BCUT2D eigenvalue weighted by Crippen LogP contribution is 2.31. The minimum Gasteiger partial charge on any atom is -0.478 e. The normalized spacial score (nSPS) is 17.5. The van der Waals surface area contributed by atoms with Gasteiger partial charge in [-0.25, -0.2) is 13.2 Å². The summed E-state index contributed by atoms with van der Waals surface area (Å²) >= 11 is 0. The van der Waals surface area contributed by atoms with E-state index in [1.807, 2.05) is 13.0 Å². The molecule has 1 aliphatic heterocycles. The van der Waals surface area contributed by atoms with E-state index in [9.17, 15) is 13.2 Å². The van der Waals surface area contributed by atoms with Gasteiger partial charge >= 0.3 is 5.97 Å². The van der Waals surface area contributed by atoms with Gasteiger partial charge in [0, 0.05) is 11.0 Å². The molecule has 0 amide bonds. The van der Waals surface area contributed by atoms with Crippen LogP contribution < -0.4 is 0 Å². The average molecular weight is 250 g/mol. The maximum absolute atomic E-state index is 11.4. The van der Waals surface area contributed by atoms with Crippen molar-refractivity contribution in [2.24, 2.45) is 0 Å². The van der Waals surface area contributed by atoms with Gasteiger partial charge in [-0.05, 0) is 12.5 Å². The third-order valence-corrected chi connectivity index (χ3v) is 3.54. The highest BCUT2D eigenvalue weighted by atomic mass is 32.2. The van der Waals surface area contributed by atoms with E-state index >= 15 is 0 Å². The van der Waals surface area contributed by atoms with E-state index in [0.717, 1.165) is 16.4 Å². The number of rotatable bonds is 2. The molecule has 17 heavy (non-hydrogen) atoms. The molecule has 88 valence electrons. The molecule has 0 saturated carbocycles. The Morgan fingerprint density at radius 1 is 1.24 bits per heavy atom. The summed E-state index contributed by atoms with van der Waals surface area (Å²) in [7, 11) is -3.56. The van der Waals surface area contributed by atoms with E-state index in [4.69, 9.17) is 5.11 Å². The van der Waals surface area contributed by atoms with Gasteiger partial charge < -0.3 is 5.11 Å². The Morgan fingerprint density at radius 3 is 2.53 bits per heavy atom. The van der Waals surface area contributed by atoms with Crippen LogP contribution in [0.5, 0.6) is 0 Å². The number of aryl methyl sites for hydroxylation is 1. The molecule has 0 aliphatic carbocycles. The number of carboxylic acid groups (broad SMARTS) is 1. The summed E-state index contributed by atoms with van der Waals surface area (Å²) in [6, 6.07) is 7.06. The first-order valence-corrected chi connectivity index (χ1v) is 6.49. The van der Waals surface area contributed by atoms with Gasteiger partial charge in [0.05, 0.1) is 11.0 Å². The van der Waals surface area contributed by atoms with E-state index in [-0.39, 0.29) is 11.1 Å². The molecule has 1 aliphatic rings. The van der Waals surface area contributed by atoms with Crippen LogP contribution in [-0.4, -0.2) is 19.5 Å². The topological polar surface area (TPSA) is 71.4 Å². The van der Waals surface area contributed by atoms with Crippen molar-refractivity contribution in [1.29, 1.82) is 0 Å². The van der Waals surface area contributed by atoms with Crippen molar-refractivity contribution in [3.63, 3.8) is 0 Å². The fourth-order valence-electron chi connectivity index (χ4n) is 1.69. The lowest BCUT2D eigenvalue weighted by Gasteiger charge is -2.04. The van der Waals surface area contributed by atoms with Gasteiger partial charge in [0.1, 0.15) is 0 Å². The van der Waals surface area contributed by atoms with Crippen molar-refractivity contribution in [3.05, 3.63) is 51.8 Å². The van der Waals surface area contributed by atoms with Gasteiger partial charge in [0.15, 0.2) is 9.84 Å². The molecule has 1 aromatic rings. The zero-order chi connectivity index (χ0) is 12.6. The molecule has 0 radical (unpaired) electrons. The third-order valence-electron chi connectivity index (χ3n) is 2.41. The standard InChI is InChI=1S/C12H10O4S/c1-8-3-2-4-9(5-8)10-6-17(15,16)7-11(10)12(13)14/h2-7H,1H3,(H,13,14). The number of carboxylic acids is 1. The van der Waals surface area contributed by atoms with Crippen LogP contribution in [0.3, 0.4) is 0 Å². The lowest BCUT2D eigenvalue weighted by atomic mass is 9.99. The number of hydrogen-bond donors (Lipinski definition) is 1. The van der Waals surface area contributed by atoms with Crippen LogP contribution in [0.25, 0.3) is 5.57 Å². The second-order valence-electron chi connectivity index (χ2n) is 3.83. The lowest BCUT2D eigenvalue weighted by Crippen LogP contribution is -2.01. The number of carbonyl (C=O) groups is 1. The van der Waals surface area contributed by atoms with Crippen molar-refractivity contribution in [2.75, 3.05) is 0 Å². The van der Waals surface area contributed by atoms with Crippen LogP contribution >= 0.6 is 0 Å². The molecule has 0 bridgehead atoms. The monoisotopic (exact) mass is 250 g/mol. The summed E-state index contributed by atoms with van der Waals surface area (Å²) < 4.78 is 22.8. The molecular formula is C12H10O4S. The number of aliphatic carboxylic acids is 1. The Bertz CT molecular complexity index is 651. The van der Waals surface area contributed by atoms with Crippen LogP contribution in [0.15, 0.2) is 40.7 Å². The van der Waals surface area contributed by atoms with Gasteiger partial charge in [-0.1, -0.05) is 29.8 Å². The molecule has 0 unspecified atom stereocenters. The summed E-state index contributed by atoms with van der Waals surface area (Å²) in [5, 5.41) is 10.7. The van der Waals surface area contributed by atoms with Crippen molar-refractivity contribution in [3.8, 4) is 0 Å². The molecule has 0 aromatic heterocycles. The first-order chi connectivity index (χ1) is 7.89. The molecule has 5 heteroatoms. The third kappa shape index (κ3) is 2.29. The van der Waals surface area contributed by atoms with Crippen LogP contribution in [0.1, 0.15) is 11.1 Å². The van der Waals surface area contributed by atoms with Crippen LogP contribution in [0, 0.1) is 6.92 Å². The summed E-state index contributed by atoms with van der Waals surface area (Å²) in [5.74, 6) is -1.24. The molecule has 1 aromatic carbocycles. The fourth-order valence-corrected chi connectivity index (χ4v) is 2.91. The molecular weight excluding hydrogens is 240 g/mol. The first kappa shape index (κ1) is 11.6. The van der Waals surface area contributed by atoms with Crippen molar-refractivity contribution < 1.29 is 18.3 Å². The summed E-state index contributed by atoms with van der Waals surface area (Å²) in [6.45, 7) is 1.86. The molecule has 0 saturated heterocycles. The van der Waals surface area contributed by atoms with Crippen LogP contribution in [-0.2, 0) is 14.6 Å². The first-order valence-electron chi connectivity index (χ1n) is 4.88.